The zero-order valence-electron chi connectivity index (χ0n) is 25.4. The molecule has 1 aromatic carbocycles. The van der Waals surface area contributed by atoms with Crippen LogP contribution in [0.4, 0.5) is 0 Å². The zero-order chi connectivity index (χ0) is 32.0. The molecule has 1 aromatic heterocycles. The fourth-order valence-electron chi connectivity index (χ4n) is 5.01. The third-order valence-electron chi connectivity index (χ3n) is 7.84. The summed E-state index contributed by atoms with van der Waals surface area (Å²) in [4.78, 5) is 55.0. The Hall–Kier alpha value is -3.91. The summed E-state index contributed by atoms with van der Waals surface area (Å²) < 4.78 is 10.5. The van der Waals surface area contributed by atoms with Crippen LogP contribution in [0.2, 0.25) is 0 Å². The lowest BCUT2D eigenvalue weighted by Crippen LogP contribution is -2.61. The Morgan fingerprint density at radius 1 is 1.09 bits per heavy atom. The molecule has 13 nitrogen and oxygen atoms in total. The number of fused-ring (bicyclic) bond motifs is 1. The summed E-state index contributed by atoms with van der Waals surface area (Å²) in [5.74, 6) is -2.64. The molecule has 44 heavy (non-hydrogen) atoms. The first kappa shape index (κ1) is 33.0. The van der Waals surface area contributed by atoms with Crippen molar-refractivity contribution in [3.8, 4) is 0 Å². The number of hydrazine groups is 1. The quantitative estimate of drug-likeness (QED) is 0.264. The number of rotatable bonds is 10. The van der Waals surface area contributed by atoms with Gasteiger partial charge in [-0.05, 0) is 50.3 Å². The highest BCUT2D eigenvalue weighted by Crippen LogP contribution is 2.27. The lowest BCUT2D eigenvalue weighted by atomic mass is 9.88. The number of pyridine rings is 1. The average Bonchev–Trinajstić information content (AvgIpc) is 3.02. The Labute approximate surface area is 256 Å². The highest BCUT2D eigenvalue weighted by Gasteiger charge is 2.39. The molecule has 2 saturated heterocycles. The van der Waals surface area contributed by atoms with E-state index in [4.69, 9.17) is 14.5 Å². The minimum Gasteiger partial charge on any atom is -0.480 e. The van der Waals surface area contributed by atoms with Crippen LogP contribution in [0.5, 0.6) is 0 Å². The van der Waals surface area contributed by atoms with E-state index in [9.17, 15) is 29.4 Å². The normalized spacial score (nSPS) is 20.7. The molecule has 13 heteroatoms. The molecule has 0 saturated carbocycles. The maximum Gasteiger partial charge on any atom is 0.318 e. The molecule has 2 aliphatic heterocycles. The van der Waals surface area contributed by atoms with Crippen LogP contribution < -0.4 is 16.1 Å². The molecular formula is C31H41N5O8. The monoisotopic (exact) mass is 611 g/mol. The number of nitrogens with one attached hydrogen (secondary N) is 3. The SMILES string of the molecule is CC(NC(=O)[C@@H](O)C(C)C)C(=O)N1CCC[C@@H](C(=O)N[C@H](C)c2ccc3ccc(/C=C/C4(C(=O)O)COCOC4)cc3n2)N1. The van der Waals surface area contributed by atoms with Crippen LogP contribution in [-0.4, -0.2) is 88.6 Å². The summed E-state index contributed by atoms with van der Waals surface area (Å²) in [7, 11) is 0. The Balaban J connectivity index is 1.39. The van der Waals surface area contributed by atoms with Gasteiger partial charge in [-0.3, -0.25) is 29.2 Å². The van der Waals surface area contributed by atoms with Crippen molar-refractivity contribution in [3.63, 3.8) is 0 Å². The van der Waals surface area contributed by atoms with Gasteiger partial charge in [-0.2, -0.15) is 0 Å². The number of carboxylic acid groups (broad SMARTS) is 1. The number of hydrogen-bond donors (Lipinski definition) is 5. The van der Waals surface area contributed by atoms with E-state index in [1.165, 1.54) is 11.9 Å². The molecule has 238 valence electrons. The minimum absolute atomic E-state index is 0.0197. The van der Waals surface area contributed by atoms with E-state index in [0.717, 1.165) is 10.9 Å². The summed E-state index contributed by atoms with van der Waals surface area (Å²) in [5, 5.41) is 27.4. The molecule has 4 atom stereocenters. The third kappa shape index (κ3) is 7.78. The van der Waals surface area contributed by atoms with E-state index >= 15 is 0 Å². The van der Waals surface area contributed by atoms with E-state index in [-0.39, 0.29) is 31.8 Å². The van der Waals surface area contributed by atoms with Crippen LogP contribution in [0.25, 0.3) is 17.0 Å². The van der Waals surface area contributed by atoms with E-state index in [2.05, 4.69) is 16.1 Å². The molecule has 0 bridgehead atoms. The van der Waals surface area contributed by atoms with Gasteiger partial charge in [0.05, 0.1) is 30.5 Å². The van der Waals surface area contributed by atoms with Crippen molar-refractivity contribution in [2.45, 2.75) is 64.8 Å². The second kappa shape index (κ2) is 14.2. The second-order valence-electron chi connectivity index (χ2n) is 11.8. The van der Waals surface area contributed by atoms with E-state index in [1.54, 1.807) is 26.0 Å². The number of carbonyl (C=O) groups is 4. The van der Waals surface area contributed by atoms with E-state index < -0.39 is 47.4 Å². The number of carboxylic acids is 1. The van der Waals surface area contributed by atoms with Crippen molar-refractivity contribution < 1.29 is 38.9 Å². The molecular weight excluding hydrogens is 570 g/mol. The third-order valence-corrected chi connectivity index (χ3v) is 7.84. The predicted molar refractivity (Wildman–Crippen MR) is 160 cm³/mol. The zero-order valence-corrected chi connectivity index (χ0v) is 25.4. The van der Waals surface area contributed by atoms with Crippen LogP contribution in [0.1, 0.15) is 57.8 Å². The van der Waals surface area contributed by atoms with Crippen LogP contribution >= 0.6 is 0 Å². The summed E-state index contributed by atoms with van der Waals surface area (Å²) >= 11 is 0. The van der Waals surface area contributed by atoms with Gasteiger partial charge < -0.3 is 30.3 Å². The van der Waals surface area contributed by atoms with Crippen LogP contribution in [-0.2, 0) is 28.7 Å². The van der Waals surface area contributed by atoms with E-state index in [0.29, 0.717) is 30.6 Å². The molecule has 3 amide bonds. The number of carbonyl (C=O) groups excluding carboxylic acids is 3. The highest BCUT2D eigenvalue weighted by atomic mass is 16.7. The first-order chi connectivity index (χ1) is 20.9. The van der Waals surface area contributed by atoms with Gasteiger partial charge in [0.15, 0.2) is 0 Å². The fraction of sp³-hybridized carbons (Fsp3) is 0.516. The minimum atomic E-state index is -1.27. The number of hydrogen-bond acceptors (Lipinski definition) is 9. The first-order valence-corrected chi connectivity index (χ1v) is 14.8. The number of aliphatic hydroxyl groups is 1. The largest absolute Gasteiger partial charge is 0.480 e. The smallest absolute Gasteiger partial charge is 0.318 e. The van der Waals surface area contributed by atoms with Gasteiger partial charge in [-0.15, -0.1) is 0 Å². The lowest BCUT2D eigenvalue weighted by molar-refractivity contribution is -0.180. The van der Waals surface area contributed by atoms with Crippen molar-refractivity contribution in [1.82, 2.24) is 26.1 Å². The summed E-state index contributed by atoms with van der Waals surface area (Å²) in [6.07, 6.45) is 3.18. The average molecular weight is 612 g/mol. The van der Waals surface area contributed by atoms with Crippen molar-refractivity contribution in [2.75, 3.05) is 26.6 Å². The van der Waals surface area contributed by atoms with Gasteiger partial charge in [0.25, 0.3) is 5.91 Å². The Morgan fingerprint density at radius 2 is 1.80 bits per heavy atom. The highest BCUT2D eigenvalue weighted by molar-refractivity contribution is 5.90. The Bertz CT molecular complexity index is 1410. The van der Waals surface area contributed by atoms with Crippen LogP contribution in [0, 0.1) is 11.3 Å². The second-order valence-corrected chi connectivity index (χ2v) is 11.8. The number of nitrogens with zero attached hydrogens (tertiary/aromatic N) is 2. The molecule has 2 aliphatic rings. The van der Waals surface area contributed by atoms with Gasteiger partial charge in [0, 0.05) is 11.9 Å². The van der Waals surface area contributed by atoms with Crippen LogP contribution in [0.3, 0.4) is 0 Å². The Morgan fingerprint density at radius 3 is 2.48 bits per heavy atom. The standard InChI is InChI=1S/C31H41N5O8/c1-18(2)26(37)28(39)33-20(4)29(40)36-13-5-6-24(35-36)27(38)32-19(3)23-10-9-22-8-7-21(14-25(22)34-23)11-12-31(30(41)42)15-43-17-44-16-31/h7-12,14,18-20,24,26,35,37H,5-6,13,15-17H2,1-4H3,(H,32,38)(H,33,39)(H,41,42)/b12-11+/t19-,20?,24+,26+/m1/s1. The van der Waals surface area contributed by atoms with Crippen molar-refractivity contribution in [2.24, 2.45) is 11.3 Å². The number of aromatic nitrogens is 1. The summed E-state index contributed by atoms with van der Waals surface area (Å²) in [6.45, 7) is 7.25. The van der Waals surface area contributed by atoms with Gasteiger partial charge in [0.1, 0.15) is 30.4 Å². The van der Waals surface area contributed by atoms with Gasteiger partial charge in [-0.25, -0.2) is 5.43 Å². The molecule has 5 N–H and O–H groups in total. The number of aliphatic hydroxyl groups excluding tert-OH is 1. The summed E-state index contributed by atoms with van der Waals surface area (Å²) in [5.41, 5.74) is 3.77. The molecule has 2 aromatic rings. The molecule has 0 spiro atoms. The number of ether oxygens (including phenoxy) is 2. The molecule has 3 heterocycles. The van der Waals surface area contributed by atoms with Gasteiger partial charge in [0.2, 0.25) is 11.8 Å². The lowest BCUT2D eigenvalue weighted by Gasteiger charge is -2.35. The number of aliphatic carboxylic acids is 1. The number of benzene rings is 1. The van der Waals surface area contributed by atoms with Gasteiger partial charge >= 0.3 is 5.97 Å². The van der Waals surface area contributed by atoms with Crippen molar-refractivity contribution in [1.29, 1.82) is 0 Å². The molecule has 1 unspecified atom stereocenters. The topological polar surface area (TPSA) is 179 Å². The van der Waals surface area contributed by atoms with Crippen molar-refractivity contribution in [3.05, 3.63) is 47.7 Å². The maximum atomic E-state index is 13.2. The maximum absolute atomic E-state index is 13.2. The molecule has 2 fully saturated rings. The van der Waals surface area contributed by atoms with E-state index in [1.807, 2.05) is 37.3 Å². The van der Waals surface area contributed by atoms with Crippen LogP contribution in [0.15, 0.2) is 36.4 Å². The number of amides is 3. The van der Waals surface area contributed by atoms with Gasteiger partial charge in [-0.1, -0.05) is 44.2 Å². The summed E-state index contributed by atoms with van der Waals surface area (Å²) in [6, 6.07) is 7.35. The van der Waals surface area contributed by atoms with Crippen molar-refractivity contribution >= 4 is 40.7 Å². The predicted octanol–water partition coefficient (Wildman–Crippen LogP) is 1.52. The molecule has 4 rings (SSSR count). The Kier molecular flexibility index (Phi) is 10.7. The first-order valence-electron chi connectivity index (χ1n) is 14.8. The fourth-order valence-corrected chi connectivity index (χ4v) is 5.01. The molecule has 0 radical (unpaired) electrons. The molecule has 0 aliphatic carbocycles.